The molecule has 0 heterocycles. The smallest absolute Gasteiger partial charge is 0.127 e. The van der Waals surface area contributed by atoms with Crippen LogP contribution in [0.25, 0.3) is 0 Å². The van der Waals surface area contributed by atoms with Crippen molar-refractivity contribution in [2.24, 2.45) is 0 Å². The number of rotatable bonds is 5. The van der Waals surface area contributed by atoms with Gasteiger partial charge in [0, 0.05) is 17.1 Å². The summed E-state index contributed by atoms with van der Waals surface area (Å²) >= 11 is 5.84. The van der Waals surface area contributed by atoms with Gasteiger partial charge >= 0.3 is 0 Å². The van der Waals surface area contributed by atoms with Gasteiger partial charge in [0.25, 0.3) is 0 Å². The molecule has 0 saturated carbocycles. The molecule has 2 rings (SSSR count). The monoisotopic (exact) mass is 279 g/mol. The van der Waals surface area contributed by atoms with Crippen molar-refractivity contribution in [3.63, 3.8) is 0 Å². The van der Waals surface area contributed by atoms with Gasteiger partial charge in [-0.2, -0.15) is 0 Å². The Morgan fingerprint density at radius 2 is 1.89 bits per heavy atom. The van der Waals surface area contributed by atoms with Crippen molar-refractivity contribution in [3.05, 3.63) is 70.5 Å². The molecule has 0 aromatic heterocycles. The first kappa shape index (κ1) is 14.0. The molecule has 0 unspecified atom stereocenters. The number of aliphatic hydroxyl groups is 1. The fourth-order valence-corrected chi connectivity index (χ4v) is 2.08. The quantitative estimate of drug-likeness (QED) is 0.880. The van der Waals surface area contributed by atoms with E-state index < -0.39 is 0 Å². The minimum atomic E-state index is -0.304. The Morgan fingerprint density at radius 3 is 2.58 bits per heavy atom. The zero-order valence-corrected chi connectivity index (χ0v) is 11.1. The van der Waals surface area contributed by atoms with Gasteiger partial charge in [-0.1, -0.05) is 41.9 Å². The lowest BCUT2D eigenvalue weighted by atomic mass is 10.1. The molecule has 100 valence electrons. The predicted molar refractivity (Wildman–Crippen MR) is 74.5 cm³/mol. The maximum Gasteiger partial charge on any atom is 0.127 e. The molecule has 0 amide bonds. The number of hydrogen-bond donors (Lipinski definition) is 2. The van der Waals surface area contributed by atoms with Crippen LogP contribution in [-0.2, 0) is 6.54 Å². The topological polar surface area (TPSA) is 32.3 Å². The number of benzene rings is 2. The molecule has 0 aliphatic rings. The number of hydrogen-bond acceptors (Lipinski definition) is 2. The van der Waals surface area contributed by atoms with Gasteiger partial charge in [-0.25, -0.2) is 4.39 Å². The third-order valence-corrected chi connectivity index (χ3v) is 3.17. The van der Waals surface area contributed by atoms with Crippen molar-refractivity contribution in [2.75, 3.05) is 6.61 Å². The SMILES string of the molecule is OC[C@@H](NCc1cc(Cl)ccc1F)c1ccccc1. The van der Waals surface area contributed by atoms with Gasteiger partial charge in [0.2, 0.25) is 0 Å². The Hall–Kier alpha value is -1.42. The van der Waals surface area contributed by atoms with Crippen LogP contribution in [-0.4, -0.2) is 11.7 Å². The van der Waals surface area contributed by atoms with E-state index in [0.29, 0.717) is 17.1 Å². The van der Waals surface area contributed by atoms with Gasteiger partial charge in [0.15, 0.2) is 0 Å². The van der Waals surface area contributed by atoms with E-state index in [0.717, 1.165) is 5.56 Å². The highest BCUT2D eigenvalue weighted by Gasteiger charge is 2.10. The van der Waals surface area contributed by atoms with Crippen LogP contribution in [0.3, 0.4) is 0 Å². The van der Waals surface area contributed by atoms with Crippen LogP contribution in [0.2, 0.25) is 5.02 Å². The van der Waals surface area contributed by atoms with Crippen LogP contribution in [0.5, 0.6) is 0 Å². The second-order valence-corrected chi connectivity index (χ2v) is 4.70. The Labute approximate surface area is 116 Å². The van der Waals surface area contributed by atoms with Crippen LogP contribution in [0.1, 0.15) is 17.2 Å². The van der Waals surface area contributed by atoms with E-state index >= 15 is 0 Å². The summed E-state index contributed by atoms with van der Waals surface area (Å²) in [6, 6.07) is 13.8. The maximum atomic E-state index is 13.6. The molecule has 0 spiro atoms. The van der Waals surface area contributed by atoms with Crippen molar-refractivity contribution in [3.8, 4) is 0 Å². The summed E-state index contributed by atoms with van der Waals surface area (Å²) in [5.41, 5.74) is 1.45. The molecule has 2 nitrogen and oxygen atoms in total. The fraction of sp³-hybridized carbons (Fsp3) is 0.200. The van der Waals surface area contributed by atoms with E-state index in [-0.39, 0.29) is 18.5 Å². The average molecular weight is 280 g/mol. The van der Waals surface area contributed by atoms with Crippen molar-refractivity contribution < 1.29 is 9.50 Å². The molecule has 2 aromatic carbocycles. The number of nitrogens with one attached hydrogen (secondary N) is 1. The Morgan fingerprint density at radius 1 is 1.16 bits per heavy atom. The van der Waals surface area contributed by atoms with E-state index in [9.17, 15) is 9.50 Å². The minimum Gasteiger partial charge on any atom is -0.394 e. The zero-order valence-electron chi connectivity index (χ0n) is 10.3. The van der Waals surface area contributed by atoms with E-state index in [1.165, 1.54) is 12.1 Å². The molecule has 1 atom stereocenters. The van der Waals surface area contributed by atoms with Crippen LogP contribution >= 0.6 is 11.6 Å². The predicted octanol–water partition coefficient (Wildman–Crippen LogP) is 3.30. The fourth-order valence-electron chi connectivity index (χ4n) is 1.89. The molecule has 4 heteroatoms. The number of halogens is 2. The standard InChI is InChI=1S/C15H15ClFNO/c16-13-6-7-14(17)12(8-13)9-18-15(10-19)11-4-2-1-3-5-11/h1-8,15,18-19H,9-10H2/t15-/m1/s1. The first-order valence-corrected chi connectivity index (χ1v) is 6.41. The van der Waals surface area contributed by atoms with Gasteiger partial charge in [-0.3, -0.25) is 0 Å². The van der Waals surface area contributed by atoms with Gasteiger partial charge < -0.3 is 10.4 Å². The van der Waals surface area contributed by atoms with E-state index in [2.05, 4.69) is 5.32 Å². The highest BCUT2D eigenvalue weighted by Crippen LogP contribution is 2.17. The van der Waals surface area contributed by atoms with E-state index in [1.807, 2.05) is 30.3 Å². The van der Waals surface area contributed by atoms with Crippen LogP contribution in [0.4, 0.5) is 4.39 Å². The first-order valence-electron chi connectivity index (χ1n) is 6.04. The van der Waals surface area contributed by atoms with Gasteiger partial charge in [-0.15, -0.1) is 0 Å². The van der Waals surface area contributed by atoms with Crippen molar-refractivity contribution in [2.45, 2.75) is 12.6 Å². The molecular weight excluding hydrogens is 265 g/mol. The zero-order chi connectivity index (χ0) is 13.7. The molecule has 0 saturated heterocycles. The summed E-state index contributed by atoms with van der Waals surface area (Å²) < 4.78 is 13.6. The van der Waals surface area contributed by atoms with Crippen LogP contribution in [0, 0.1) is 5.82 Å². The summed E-state index contributed by atoms with van der Waals surface area (Å²) in [5, 5.41) is 13.0. The molecule has 19 heavy (non-hydrogen) atoms. The van der Waals surface area contributed by atoms with Crippen molar-refractivity contribution >= 4 is 11.6 Å². The summed E-state index contributed by atoms with van der Waals surface area (Å²) in [4.78, 5) is 0. The van der Waals surface area contributed by atoms with Crippen molar-refractivity contribution in [1.82, 2.24) is 5.32 Å². The third-order valence-electron chi connectivity index (χ3n) is 2.93. The number of aliphatic hydroxyl groups excluding tert-OH is 1. The molecule has 0 radical (unpaired) electrons. The highest BCUT2D eigenvalue weighted by atomic mass is 35.5. The molecular formula is C15H15ClFNO. The molecule has 0 aliphatic carbocycles. The molecule has 0 bridgehead atoms. The lowest BCUT2D eigenvalue weighted by Gasteiger charge is -2.17. The van der Waals surface area contributed by atoms with Crippen LogP contribution in [0.15, 0.2) is 48.5 Å². The van der Waals surface area contributed by atoms with Gasteiger partial charge in [-0.05, 0) is 23.8 Å². The maximum absolute atomic E-state index is 13.6. The summed E-state index contributed by atoms with van der Waals surface area (Å²) in [5.74, 6) is -0.304. The second-order valence-electron chi connectivity index (χ2n) is 4.26. The Balaban J connectivity index is 2.06. The normalized spacial score (nSPS) is 12.4. The lowest BCUT2D eigenvalue weighted by Crippen LogP contribution is -2.24. The summed E-state index contributed by atoms with van der Waals surface area (Å²) in [6.07, 6.45) is 0. The molecule has 0 fully saturated rings. The van der Waals surface area contributed by atoms with Crippen molar-refractivity contribution in [1.29, 1.82) is 0 Å². The van der Waals surface area contributed by atoms with E-state index in [1.54, 1.807) is 6.07 Å². The Kier molecular flexibility index (Phi) is 4.91. The Bertz CT molecular complexity index is 533. The summed E-state index contributed by atoms with van der Waals surface area (Å²) in [7, 11) is 0. The second kappa shape index (κ2) is 6.66. The third kappa shape index (κ3) is 3.77. The van der Waals surface area contributed by atoms with Gasteiger partial charge in [0.05, 0.1) is 12.6 Å². The first-order chi connectivity index (χ1) is 9.20. The minimum absolute atomic E-state index is 0.0494. The summed E-state index contributed by atoms with van der Waals surface area (Å²) in [6.45, 7) is 0.263. The molecule has 2 aromatic rings. The largest absolute Gasteiger partial charge is 0.394 e. The van der Waals surface area contributed by atoms with Gasteiger partial charge in [0.1, 0.15) is 5.82 Å². The highest BCUT2D eigenvalue weighted by molar-refractivity contribution is 6.30. The average Bonchev–Trinajstić information content (AvgIpc) is 2.44. The van der Waals surface area contributed by atoms with Crippen LogP contribution < -0.4 is 5.32 Å². The van der Waals surface area contributed by atoms with E-state index in [4.69, 9.17) is 11.6 Å². The molecule has 0 aliphatic heterocycles. The molecule has 2 N–H and O–H groups in total. The lowest BCUT2D eigenvalue weighted by molar-refractivity contribution is 0.243.